The van der Waals surface area contributed by atoms with Gasteiger partial charge in [-0.05, 0) is 43.7 Å². The van der Waals surface area contributed by atoms with Gasteiger partial charge in [0.05, 0.1) is 0 Å². The van der Waals surface area contributed by atoms with Crippen LogP contribution in [0.15, 0.2) is 12.1 Å². The van der Waals surface area contributed by atoms with E-state index in [0.717, 1.165) is 22.8 Å². The number of rotatable bonds is 2. The molecule has 0 bridgehead atoms. The van der Waals surface area contributed by atoms with E-state index in [2.05, 4.69) is 31.0 Å². The van der Waals surface area contributed by atoms with Gasteiger partial charge in [0.2, 0.25) is 0 Å². The van der Waals surface area contributed by atoms with Crippen molar-refractivity contribution in [3.8, 4) is 0 Å². The summed E-state index contributed by atoms with van der Waals surface area (Å²) in [7, 11) is 0. The average molecular weight is 255 g/mol. The fourth-order valence-electron chi connectivity index (χ4n) is 3.49. The minimum Gasteiger partial charge on any atom is -0.357 e. The van der Waals surface area contributed by atoms with Crippen molar-refractivity contribution in [2.24, 2.45) is 0 Å². The monoisotopic (exact) mass is 255 g/mol. The molecule has 0 amide bonds. The highest BCUT2D eigenvalue weighted by atomic mass is 16.1. The molecule has 2 aromatic rings. The summed E-state index contributed by atoms with van der Waals surface area (Å²) < 4.78 is 0. The quantitative estimate of drug-likeness (QED) is 0.779. The first kappa shape index (κ1) is 12.5. The zero-order valence-corrected chi connectivity index (χ0v) is 11.8. The lowest BCUT2D eigenvalue weighted by Crippen LogP contribution is -2.06. The molecule has 3 rings (SSSR count). The van der Waals surface area contributed by atoms with E-state index in [0.29, 0.717) is 5.92 Å². The van der Waals surface area contributed by atoms with Crippen LogP contribution in [0.5, 0.6) is 0 Å². The predicted octanol–water partition coefficient (Wildman–Crippen LogP) is 4.64. The van der Waals surface area contributed by atoms with Crippen molar-refractivity contribution in [1.29, 1.82) is 0 Å². The second-order valence-corrected chi connectivity index (χ2v) is 5.85. The van der Waals surface area contributed by atoms with Gasteiger partial charge in [0, 0.05) is 22.2 Å². The van der Waals surface area contributed by atoms with Gasteiger partial charge in [0.1, 0.15) is 0 Å². The van der Waals surface area contributed by atoms with Crippen molar-refractivity contribution in [3.05, 3.63) is 34.5 Å². The van der Waals surface area contributed by atoms with Gasteiger partial charge in [-0.1, -0.05) is 31.4 Å². The summed E-state index contributed by atoms with van der Waals surface area (Å²) >= 11 is 0. The Morgan fingerprint density at radius 3 is 2.47 bits per heavy atom. The molecule has 100 valence electrons. The van der Waals surface area contributed by atoms with E-state index in [1.54, 1.807) is 0 Å². The molecule has 0 aliphatic heterocycles. The molecule has 1 aliphatic rings. The number of hydrogen-bond acceptors (Lipinski definition) is 1. The summed E-state index contributed by atoms with van der Waals surface area (Å²) in [6, 6.07) is 4.25. The molecule has 0 unspecified atom stereocenters. The SMILES string of the molecule is Cc1ccc(C)c2c(C=O)c(C3CCCCC3)[nH]c12. The van der Waals surface area contributed by atoms with Crippen molar-refractivity contribution < 1.29 is 4.79 Å². The number of aldehydes is 1. The van der Waals surface area contributed by atoms with Gasteiger partial charge in [-0.3, -0.25) is 4.79 Å². The van der Waals surface area contributed by atoms with Crippen LogP contribution in [-0.2, 0) is 0 Å². The van der Waals surface area contributed by atoms with Crippen molar-refractivity contribution in [1.82, 2.24) is 4.98 Å². The van der Waals surface area contributed by atoms with Gasteiger partial charge in [0.25, 0.3) is 0 Å². The van der Waals surface area contributed by atoms with Crippen molar-refractivity contribution in [2.45, 2.75) is 51.9 Å². The van der Waals surface area contributed by atoms with Crippen LogP contribution in [-0.4, -0.2) is 11.3 Å². The Labute approximate surface area is 114 Å². The highest BCUT2D eigenvalue weighted by Gasteiger charge is 2.23. The maximum atomic E-state index is 11.6. The van der Waals surface area contributed by atoms with Crippen LogP contribution in [0.2, 0.25) is 0 Å². The highest BCUT2D eigenvalue weighted by molar-refractivity contribution is 6.02. The molecule has 1 aromatic heterocycles. The van der Waals surface area contributed by atoms with E-state index in [1.807, 2.05) is 0 Å². The molecule has 0 atom stereocenters. The van der Waals surface area contributed by atoms with Crippen molar-refractivity contribution >= 4 is 17.2 Å². The molecule has 1 aliphatic carbocycles. The smallest absolute Gasteiger partial charge is 0.152 e. The molecular weight excluding hydrogens is 234 g/mol. The molecule has 1 aromatic carbocycles. The Hall–Kier alpha value is -1.57. The number of carbonyl (C=O) groups is 1. The summed E-state index contributed by atoms with van der Waals surface area (Å²) in [6.45, 7) is 4.20. The van der Waals surface area contributed by atoms with Gasteiger partial charge in [0.15, 0.2) is 6.29 Å². The van der Waals surface area contributed by atoms with Crippen LogP contribution >= 0.6 is 0 Å². The number of hydrogen-bond donors (Lipinski definition) is 1. The number of fused-ring (bicyclic) bond motifs is 1. The van der Waals surface area contributed by atoms with Crippen LogP contribution in [0.3, 0.4) is 0 Å². The largest absolute Gasteiger partial charge is 0.357 e. The third-order valence-corrected chi connectivity index (χ3v) is 4.57. The topological polar surface area (TPSA) is 32.9 Å². The molecule has 2 nitrogen and oxygen atoms in total. The van der Waals surface area contributed by atoms with Gasteiger partial charge in [-0.25, -0.2) is 0 Å². The minimum absolute atomic E-state index is 0.542. The second kappa shape index (κ2) is 4.84. The zero-order chi connectivity index (χ0) is 13.4. The lowest BCUT2D eigenvalue weighted by molar-refractivity contribution is 0.112. The molecular formula is C17H21NO. The summed E-state index contributed by atoms with van der Waals surface area (Å²) in [5, 5.41) is 1.13. The lowest BCUT2D eigenvalue weighted by atomic mass is 9.85. The molecule has 1 N–H and O–H groups in total. The van der Waals surface area contributed by atoms with Gasteiger partial charge in [-0.2, -0.15) is 0 Å². The highest BCUT2D eigenvalue weighted by Crippen LogP contribution is 2.37. The standard InChI is InChI=1S/C17H21NO/c1-11-8-9-12(2)16-15(11)14(10-19)17(18-16)13-6-4-3-5-7-13/h8-10,13,18H,3-7H2,1-2H3. The molecule has 1 heterocycles. The van der Waals surface area contributed by atoms with Crippen LogP contribution < -0.4 is 0 Å². The average Bonchev–Trinajstić information content (AvgIpc) is 2.84. The van der Waals surface area contributed by atoms with E-state index in [9.17, 15) is 4.79 Å². The van der Waals surface area contributed by atoms with E-state index >= 15 is 0 Å². The fourth-order valence-corrected chi connectivity index (χ4v) is 3.49. The zero-order valence-electron chi connectivity index (χ0n) is 11.8. The fraction of sp³-hybridized carbons (Fsp3) is 0.471. The third kappa shape index (κ3) is 1.99. The van der Waals surface area contributed by atoms with Gasteiger partial charge >= 0.3 is 0 Å². The van der Waals surface area contributed by atoms with Crippen LogP contribution in [0, 0.1) is 13.8 Å². The molecule has 1 saturated carbocycles. The summed E-state index contributed by atoms with van der Waals surface area (Å²) in [5.41, 5.74) is 5.67. The Balaban J connectivity index is 2.21. The lowest BCUT2D eigenvalue weighted by Gasteiger charge is -2.21. The van der Waals surface area contributed by atoms with Crippen LogP contribution in [0.4, 0.5) is 0 Å². The minimum atomic E-state index is 0.542. The molecule has 0 saturated heterocycles. The van der Waals surface area contributed by atoms with Gasteiger partial charge < -0.3 is 4.98 Å². The number of aryl methyl sites for hydroxylation is 2. The third-order valence-electron chi connectivity index (χ3n) is 4.57. The van der Waals surface area contributed by atoms with E-state index in [4.69, 9.17) is 0 Å². The molecule has 0 spiro atoms. The van der Waals surface area contributed by atoms with Crippen LogP contribution in [0.1, 0.15) is 65.2 Å². The number of H-pyrrole nitrogens is 1. The van der Waals surface area contributed by atoms with E-state index in [1.165, 1.54) is 48.9 Å². The first-order chi connectivity index (χ1) is 9.22. The Kier molecular flexibility index (Phi) is 3.17. The van der Waals surface area contributed by atoms with Crippen molar-refractivity contribution in [3.63, 3.8) is 0 Å². The number of benzene rings is 1. The summed E-state index contributed by atoms with van der Waals surface area (Å²) in [6.07, 6.45) is 7.39. The molecule has 2 heteroatoms. The number of nitrogens with one attached hydrogen (secondary N) is 1. The van der Waals surface area contributed by atoms with E-state index in [-0.39, 0.29) is 0 Å². The molecule has 0 radical (unpaired) electrons. The Morgan fingerprint density at radius 1 is 1.11 bits per heavy atom. The second-order valence-electron chi connectivity index (χ2n) is 5.85. The maximum absolute atomic E-state index is 11.6. The van der Waals surface area contributed by atoms with Gasteiger partial charge in [-0.15, -0.1) is 0 Å². The first-order valence-electron chi connectivity index (χ1n) is 7.29. The van der Waals surface area contributed by atoms with Crippen LogP contribution in [0.25, 0.3) is 10.9 Å². The predicted molar refractivity (Wildman–Crippen MR) is 79.0 cm³/mol. The normalized spacial score (nSPS) is 16.9. The number of aromatic amines is 1. The Bertz CT molecular complexity index is 618. The summed E-state index contributed by atoms with van der Waals surface area (Å²) in [4.78, 5) is 15.2. The first-order valence-corrected chi connectivity index (χ1v) is 7.29. The molecule has 1 fully saturated rings. The maximum Gasteiger partial charge on any atom is 0.152 e. The molecule has 19 heavy (non-hydrogen) atoms. The number of aromatic nitrogens is 1. The van der Waals surface area contributed by atoms with Crippen molar-refractivity contribution in [2.75, 3.05) is 0 Å². The Morgan fingerprint density at radius 2 is 1.79 bits per heavy atom. The number of carbonyl (C=O) groups excluding carboxylic acids is 1. The summed E-state index contributed by atoms with van der Waals surface area (Å²) in [5.74, 6) is 0.542. The van der Waals surface area contributed by atoms with E-state index < -0.39 is 0 Å².